The number of hydrogen-bond donors (Lipinski definition) is 1. The maximum atomic E-state index is 13.0. The third kappa shape index (κ3) is 2.68. The SMILES string of the molecule is COc1ccc2ccccc2c1CC(C)(N)C(F)F. The van der Waals surface area contributed by atoms with E-state index >= 15 is 0 Å². The van der Waals surface area contributed by atoms with Gasteiger partial charge in [0, 0.05) is 5.56 Å². The molecule has 0 aliphatic rings. The summed E-state index contributed by atoms with van der Waals surface area (Å²) in [5, 5.41) is 1.89. The minimum Gasteiger partial charge on any atom is -0.496 e. The van der Waals surface area contributed by atoms with E-state index in [9.17, 15) is 8.78 Å². The molecule has 0 aromatic heterocycles. The van der Waals surface area contributed by atoms with Crippen LogP contribution in [-0.2, 0) is 6.42 Å². The fourth-order valence-electron chi connectivity index (χ4n) is 2.15. The minimum absolute atomic E-state index is 0.0647. The van der Waals surface area contributed by atoms with Crippen molar-refractivity contribution in [2.24, 2.45) is 5.73 Å². The lowest BCUT2D eigenvalue weighted by molar-refractivity contribution is 0.0638. The lowest BCUT2D eigenvalue weighted by Gasteiger charge is -2.25. The van der Waals surface area contributed by atoms with E-state index in [0.29, 0.717) is 5.75 Å². The first-order valence-electron chi connectivity index (χ1n) is 6.07. The molecule has 2 N–H and O–H groups in total. The van der Waals surface area contributed by atoms with E-state index < -0.39 is 12.0 Å². The van der Waals surface area contributed by atoms with Gasteiger partial charge in [-0.25, -0.2) is 8.78 Å². The van der Waals surface area contributed by atoms with Crippen LogP contribution in [0.25, 0.3) is 10.8 Å². The molecule has 0 saturated carbocycles. The van der Waals surface area contributed by atoms with Crippen LogP contribution < -0.4 is 10.5 Å². The number of fused-ring (bicyclic) bond motifs is 1. The molecule has 2 aromatic carbocycles. The Kier molecular flexibility index (Phi) is 3.71. The van der Waals surface area contributed by atoms with E-state index in [1.807, 2.05) is 30.3 Å². The Morgan fingerprint density at radius 2 is 1.89 bits per heavy atom. The van der Waals surface area contributed by atoms with Gasteiger partial charge in [-0.15, -0.1) is 0 Å². The number of benzene rings is 2. The molecule has 19 heavy (non-hydrogen) atoms. The van der Waals surface area contributed by atoms with Gasteiger partial charge in [0.1, 0.15) is 5.75 Å². The molecule has 2 nitrogen and oxygen atoms in total. The van der Waals surface area contributed by atoms with Crippen molar-refractivity contribution in [2.45, 2.75) is 25.3 Å². The van der Waals surface area contributed by atoms with Crippen molar-refractivity contribution in [1.29, 1.82) is 0 Å². The largest absolute Gasteiger partial charge is 0.496 e. The maximum Gasteiger partial charge on any atom is 0.256 e. The second kappa shape index (κ2) is 5.13. The molecule has 0 heterocycles. The summed E-state index contributed by atoms with van der Waals surface area (Å²) >= 11 is 0. The Labute approximate surface area is 111 Å². The van der Waals surface area contributed by atoms with Gasteiger partial charge in [-0.05, 0) is 30.2 Å². The van der Waals surface area contributed by atoms with Crippen molar-refractivity contribution in [3.8, 4) is 5.75 Å². The summed E-state index contributed by atoms with van der Waals surface area (Å²) in [5.41, 5.74) is 4.86. The van der Waals surface area contributed by atoms with Gasteiger partial charge in [-0.1, -0.05) is 30.3 Å². The van der Waals surface area contributed by atoms with Crippen molar-refractivity contribution in [3.63, 3.8) is 0 Å². The minimum atomic E-state index is -2.59. The highest BCUT2D eigenvalue weighted by atomic mass is 19.3. The first kappa shape index (κ1) is 13.7. The van der Waals surface area contributed by atoms with E-state index in [1.165, 1.54) is 14.0 Å². The Morgan fingerprint density at radius 3 is 2.53 bits per heavy atom. The van der Waals surface area contributed by atoms with E-state index in [1.54, 1.807) is 6.07 Å². The average molecular weight is 265 g/mol. The van der Waals surface area contributed by atoms with Gasteiger partial charge in [0.25, 0.3) is 6.43 Å². The van der Waals surface area contributed by atoms with Crippen LogP contribution in [0.5, 0.6) is 5.75 Å². The van der Waals surface area contributed by atoms with Crippen LogP contribution >= 0.6 is 0 Å². The van der Waals surface area contributed by atoms with E-state index in [-0.39, 0.29) is 6.42 Å². The summed E-state index contributed by atoms with van der Waals surface area (Å²) in [6.45, 7) is 1.36. The lowest BCUT2D eigenvalue weighted by Crippen LogP contribution is -2.46. The van der Waals surface area contributed by atoms with Gasteiger partial charge in [0.15, 0.2) is 0 Å². The molecule has 4 heteroatoms. The monoisotopic (exact) mass is 265 g/mol. The number of halogens is 2. The molecule has 2 rings (SSSR count). The highest BCUT2D eigenvalue weighted by Crippen LogP contribution is 2.32. The van der Waals surface area contributed by atoms with Gasteiger partial charge >= 0.3 is 0 Å². The summed E-state index contributed by atoms with van der Waals surface area (Å²) in [4.78, 5) is 0. The van der Waals surface area contributed by atoms with Crippen molar-refractivity contribution in [3.05, 3.63) is 42.0 Å². The molecule has 102 valence electrons. The fourth-order valence-corrected chi connectivity index (χ4v) is 2.15. The molecule has 1 unspecified atom stereocenters. The number of nitrogens with two attached hydrogens (primary N) is 1. The summed E-state index contributed by atoms with van der Waals surface area (Å²) < 4.78 is 31.2. The predicted molar refractivity (Wildman–Crippen MR) is 72.8 cm³/mol. The van der Waals surface area contributed by atoms with E-state index in [4.69, 9.17) is 10.5 Å². The van der Waals surface area contributed by atoms with Gasteiger partial charge in [-0.3, -0.25) is 0 Å². The molecule has 0 radical (unpaired) electrons. The molecule has 0 saturated heterocycles. The van der Waals surface area contributed by atoms with Gasteiger partial charge < -0.3 is 10.5 Å². The third-order valence-electron chi connectivity index (χ3n) is 3.27. The Bertz CT molecular complexity index is 581. The quantitative estimate of drug-likeness (QED) is 0.919. The molecule has 2 aromatic rings. The van der Waals surface area contributed by atoms with Crippen LogP contribution in [0, 0.1) is 0 Å². The molecule has 0 aliphatic carbocycles. The summed E-state index contributed by atoms with van der Waals surface area (Å²) in [6, 6.07) is 11.3. The van der Waals surface area contributed by atoms with Crippen molar-refractivity contribution >= 4 is 10.8 Å². The topological polar surface area (TPSA) is 35.2 Å². The van der Waals surface area contributed by atoms with Crippen LogP contribution in [0.15, 0.2) is 36.4 Å². The highest BCUT2D eigenvalue weighted by molar-refractivity contribution is 5.87. The van der Waals surface area contributed by atoms with Crippen molar-refractivity contribution < 1.29 is 13.5 Å². The standard InChI is InChI=1S/C15H17F2NO/c1-15(18,14(16)17)9-12-11-6-4-3-5-10(11)7-8-13(12)19-2/h3-8,14H,9,18H2,1-2H3. The van der Waals surface area contributed by atoms with Gasteiger partial charge in [0.2, 0.25) is 0 Å². The Morgan fingerprint density at radius 1 is 1.21 bits per heavy atom. The molecule has 0 spiro atoms. The first-order valence-corrected chi connectivity index (χ1v) is 6.07. The number of methoxy groups -OCH3 is 1. The van der Waals surface area contributed by atoms with Gasteiger partial charge in [0.05, 0.1) is 12.6 Å². The van der Waals surface area contributed by atoms with Crippen LogP contribution in [-0.4, -0.2) is 19.1 Å². The van der Waals surface area contributed by atoms with Crippen molar-refractivity contribution in [2.75, 3.05) is 7.11 Å². The van der Waals surface area contributed by atoms with Crippen LogP contribution in [0.2, 0.25) is 0 Å². The smallest absolute Gasteiger partial charge is 0.256 e. The fraction of sp³-hybridized carbons (Fsp3) is 0.333. The normalized spacial score (nSPS) is 14.6. The Hall–Kier alpha value is -1.68. The predicted octanol–water partition coefficient (Wildman–Crippen LogP) is 3.37. The number of ether oxygens (including phenoxy) is 1. The molecule has 0 bridgehead atoms. The second-order valence-corrected chi connectivity index (χ2v) is 4.95. The molecular weight excluding hydrogens is 248 g/mol. The third-order valence-corrected chi connectivity index (χ3v) is 3.27. The van der Waals surface area contributed by atoms with E-state index in [0.717, 1.165) is 16.3 Å². The van der Waals surface area contributed by atoms with Gasteiger partial charge in [-0.2, -0.15) is 0 Å². The zero-order valence-corrected chi connectivity index (χ0v) is 11.0. The summed E-state index contributed by atoms with van der Waals surface area (Å²) in [6.07, 6.45) is -2.52. The van der Waals surface area contributed by atoms with Crippen LogP contribution in [0.4, 0.5) is 8.78 Å². The lowest BCUT2D eigenvalue weighted by atomic mass is 9.90. The highest BCUT2D eigenvalue weighted by Gasteiger charge is 2.32. The number of alkyl halides is 2. The summed E-state index contributed by atoms with van der Waals surface area (Å²) in [5.74, 6) is 0.594. The molecule has 0 fully saturated rings. The molecular formula is C15H17F2NO. The first-order chi connectivity index (χ1) is 8.95. The van der Waals surface area contributed by atoms with Crippen LogP contribution in [0.3, 0.4) is 0 Å². The van der Waals surface area contributed by atoms with Crippen LogP contribution in [0.1, 0.15) is 12.5 Å². The summed E-state index contributed by atoms with van der Waals surface area (Å²) in [7, 11) is 1.53. The average Bonchev–Trinajstić information content (AvgIpc) is 2.38. The van der Waals surface area contributed by atoms with E-state index in [2.05, 4.69) is 0 Å². The number of rotatable bonds is 4. The zero-order chi connectivity index (χ0) is 14.0. The molecule has 1 atom stereocenters. The molecule has 0 aliphatic heterocycles. The van der Waals surface area contributed by atoms with Crippen molar-refractivity contribution in [1.82, 2.24) is 0 Å². The second-order valence-electron chi connectivity index (χ2n) is 4.95. The number of hydrogen-bond acceptors (Lipinski definition) is 2. The Balaban J connectivity index is 2.56. The molecule has 0 amide bonds. The maximum absolute atomic E-state index is 13.0. The zero-order valence-electron chi connectivity index (χ0n) is 11.0.